The molecule has 1 aliphatic rings. The van der Waals surface area contributed by atoms with Crippen molar-refractivity contribution in [3.05, 3.63) is 29.3 Å². The summed E-state index contributed by atoms with van der Waals surface area (Å²) >= 11 is 0. The third kappa shape index (κ3) is 4.77. The van der Waals surface area contributed by atoms with Gasteiger partial charge < -0.3 is 9.84 Å². The summed E-state index contributed by atoms with van der Waals surface area (Å²) in [6.45, 7) is 5.68. The van der Waals surface area contributed by atoms with Gasteiger partial charge in [0, 0.05) is 24.1 Å². The van der Waals surface area contributed by atoms with Gasteiger partial charge in [0.2, 0.25) is 0 Å². The first kappa shape index (κ1) is 15.9. The molecule has 0 radical (unpaired) electrons. The second-order valence-electron chi connectivity index (χ2n) is 5.76. The zero-order valence-corrected chi connectivity index (χ0v) is 13.1. The predicted octanol–water partition coefficient (Wildman–Crippen LogP) is 2.66. The third-order valence-corrected chi connectivity index (χ3v) is 4.02. The average Bonchev–Trinajstić information content (AvgIpc) is 2.50. The van der Waals surface area contributed by atoms with Gasteiger partial charge in [-0.05, 0) is 50.0 Å². The van der Waals surface area contributed by atoms with E-state index in [0.717, 1.165) is 36.9 Å². The highest BCUT2D eigenvalue weighted by Crippen LogP contribution is 2.24. The molecule has 21 heavy (non-hydrogen) atoms. The zero-order valence-electron chi connectivity index (χ0n) is 13.1. The van der Waals surface area contributed by atoms with Crippen molar-refractivity contribution in [1.29, 1.82) is 0 Å². The van der Waals surface area contributed by atoms with Gasteiger partial charge in [-0.2, -0.15) is 0 Å². The first-order chi connectivity index (χ1) is 10.2. The number of nitrogens with zero attached hydrogens (tertiary/aromatic N) is 1. The van der Waals surface area contributed by atoms with Gasteiger partial charge in [-0.25, -0.2) is 0 Å². The van der Waals surface area contributed by atoms with Crippen molar-refractivity contribution >= 4 is 0 Å². The average molecular weight is 287 g/mol. The van der Waals surface area contributed by atoms with Crippen molar-refractivity contribution in [2.45, 2.75) is 32.7 Å². The summed E-state index contributed by atoms with van der Waals surface area (Å²) in [7, 11) is 1.72. The van der Waals surface area contributed by atoms with Crippen LogP contribution in [0.1, 0.15) is 37.3 Å². The second-order valence-corrected chi connectivity index (χ2v) is 5.76. The lowest BCUT2D eigenvalue weighted by atomic mass is 9.98. The van der Waals surface area contributed by atoms with E-state index in [0.29, 0.717) is 6.42 Å². The quantitative estimate of drug-likeness (QED) is 0.864. The van der Waals surface area contributed by atoms with Crippen LogP contribution >= 0.6 is 0 Å². The highest BCUT2D eigenvalue weighted by Gasteiger charge is 2.17. The fourth-order valence-corrected chi connectivity index (χ4v) is 2.66. The molecule has 0 aliphatic carbocycles. The van der Waals surface area contributed by atoms with E-state index in [2.05, 4.69) is 29.7 Å². The molecule has 0 unspecified atom stereocenters. The molecule has 1 heterocycles. The van der Waals surface area contributed by atoms with Gasteiger partial charge in [-0.1, -0.05) is 18.8 Å². The third-order valence-electron chi connectivity index (χ3n) is 4.02. The number of benzene rings is 1. The van der Waals surface area contributed by atoms with Gasteiger partial charge in [0.25, 0.3) is 0 Å². The predicted molar refractivity (Wildman–Crippen MR) is 85.2 cm³/mol. The molecule has 0 spiro atoms. The molecular weight excluding hydrogens is 262 g/mol. The molecule has 3 heteroatoms. The summed E-state index contributed by atoms with van der Waals surface area (Å²) in [5.41, 5.74) is 2.19. The molecule has 1 aromatic rings. The summed E-state index contributed by atoms with van der Waals surface area (Å²) in [6, 6.07) is 6.08. The van der Waals surface area contributed by atoms with Gasteiger partial charge >= 0.3 is 0 Å². The SMILES string of the molecule is COc1ccc(C#CCCO)cc1CN1CCC(C)CC1. The van der Waals surface area contributed by atoms with Crippen molar-refractivity contribution in [3.8, 4) is 17.6 Å². The lowest BCUT2D eigenvalue weighted by Crippen LogP contribution is -2.32. The summed E-state index contributed by atoms with van der Waals surface area (Å²) in [5, 5.41) is 8.79. The van der Waals surface area contributed by atoms with Gasteiger partial charge in [0.05, 0.1) is 13.7 Å². The van der Waals surface area contributed by atoms with Crippen LogP contribution in [0.15, 0.2) is 18.2 Å². The zero-order chi connectivity index (χ0) is 15.1. The normalized spacial score (nSPS) is 16.3. The van der Waals surface area contributed by atoms with Gasteiger partial charge in [0.1, 0.15) is 5.75 Å². The highest BCUT2D eigenvalue weighted by atomic mass is 16.5. The Morgan fingerprint density at radius 1 is 1.33 bits per heavy atom. The van der Waals surface area contributed by atoms with E-state index >= 15 is 0 Å². The van der Waals surface area contributed by atoms with E-state index in [4.69, 9.17) is 9.84 Å². The molecule has 0 atom stereocenters. The van der Waals surface area contributed by atoms with Crippen molar-refractivity contribution < 1.29 is 9.84 Å². The van der Waals surface area contributed by atoms with Gasteiger partial charge in [-0.3, -0.25) is 4.90 Å². The number of rotatable bonds is 4. The molecule has 114 valence electrons. The van der Waals surface area contributed by atoms with Gasteiger partial charge in [-0.15, -0.1) is 0 Å². The molecule has 0 bridgehead atoms. The Bertz CT molecular complexity index is 508. The van der Waals surface area contributed by atoms with Crippen molar-refractivity contribution in [1.82, 2.24) is 4.90 Å². The highest BCUT2D eigenvalue weighted by molar-refractivity contribution is 5.44. The standard InChI is InChI=1S/C18H25NO2/c1-15-8-10-19(11-9-15)14-17-13-16(5-3-4-12-20)6-7-18(17)21-2/h6-7,13,15,20H,4,8-12,14H2,1-2H3. The van der Waals surface area contributed by atoms with Crippen molar-refractivity contribution in [2.75, 3.05) is 26.8 Å². The summed E-state index contributed by atoms with van der Waals surface area (Å²) in [5.74, 6) is 7.85. The van der Waals surface area contributed by atoms with Crippen LogP contribution in [0.3, 0.4) is 0 Å². The maximum absolute atomic E-state index is 8.79. The minimum Gasteiger partial charge on any atom is -0.496 e. The molecular formula is C18H25NO2. The lowest BCUT2D eigenvalue weighted by molar-refractivity contribution is 0.183. The van der Waals surface area contributed by atoms with Crippen LogP contribution in [0.25, 0.3) is 0 Å². The summed E-state index contributed by atoms with van der Waals surface area (Å²) in [6.07, 6.45) is 3.07. The monoisotopic (exact) mass is 287 g/mol. The first-order valence-electron chi connectivity index (χ1n) is 7.72. The minimum absolute atomic E-state index is 0.113. The Labute approximate surface area is 127 Å². The molecule has 1 fully saturated rings. The van der Waals surface area contributed by atoms with Crippen molar-refractivity contribution in [3.63, 3.8) is 0 Å². The van der Waals surface area contributed by atoms with E-state index in [1.165, 1.54) is 18.4 Å². The Balaban J connectivity index is 2.09. The van der Waals surface area contributed by atoms with Crippen LogP contribution in [0.2, 0.25) is 0 Å². The number of aliphatic hydroxyl groups excluding tert-OH is 1. The van der Waals surface area contributed by atoms with Crippen LogP contribution in [-0.4, -0.2) is 36.8 Å². The number of piperidine rings is 1. The van der Waals surface area contributed by atoms with E-state index in [9.17, 15) is 0 Å². The summed E-state index contributed by atoms with van der Waals surface area (Å²) in [4.78, 5) is 2.49. The molecule has 0 aromatic heterocycles. The molecule has 1 aliphatic heterocycles. The van der Waals surface area contributed by atoms with E-state index in [-0.39, 0.29) is 6.61 Å². The fourth-order valence-electron chi connectivity index (χ4n) is 2.66. The second kappa shape index (κ2) is 8.07. The largest absolute Gasteiger partial charge is 0.496 e. The van der Waals surface area contributed by atoms with Crippen LogP contribution in [0.4, 0.5) is 0 Å². The van der Waals surface area contributed by atoms with Crippen LogP contribution in [0, 0.1) is 17.8 Å². The number of likely N-dealkylation sites (tertiary alicyclic amines) is 1. The van der Waals surface area contributed by atoms with Gasteiger partial charge in [0.15, 0.2) is 0 Å². The fraction of sp³-hybridized carbons (Fsp3) is 0.556. The van der Waals surface area contributed by atoms with Crippen LogP contribution in [-0.2, 0) is 6.54 Å². The number of aliphatic hydroxyl groups is 1. The molecule has 1 N–H and O–H groups in total. The Kier molecular flexibility index (Phi) is 6.10. The summed E-state index contributed by atoms with van der Waals surface area (Å²) < 4.78 is 5.47. The molecule has 3 nitrogen and oxygen atoms in total. The smallest absolute Gasteiger partial charge is 0.123 e. The Hall–Kier alpha value is -1.50. The molecule has 0 saturated carbocycles. The van der Waals surface area contributed by atoms with E-state index < -0.39 is 0 Å². The number of hydrogen-bond donors (Lipinski definition) is 1. The molecule has 0 amide bonds. The maximum Gasteiger partial charge on any atom is 0.123 e. The number of ether oxygens (including phenoxy) is 1. The molecule has 2 rings (SSSR count). The Morgan fingerprint density at radius 3 is 2.76 bits per heavy atom. The first-order valence-corrected chi connectivity index (χ1v) is 7.72. The molecule has 1 saturated heterocycles. The van der Waals surface area contributed by atoms with Crippen LogP contribution < -0.4 is 4.74 Å². The maximum atomic E-state index is 8.79. The Morgan fingerprint density at radius 2 is 2.10 bits per heavy atom. The number of hydrogen-bond acceptors (Lipinski definition) is 3. The number of methoxy groups -OCH3 is 1. The van der Waals surface area contributed by atoms with E-state index in [1.54, 1.807) is 7.11 Å². The van der Waals surface area contributed by atoms with Crippen molar-refractivity contribution in [2.24, 2.45) is 5.92 Å². The minimum atomic E-state index is 0.113. The lowest BCUT2D eigenvalue weighted by Gasteiger charge is -2.30. The van der Waals surface area contributed by atoms with E-state index in [1.807, 2.05) is 12.1 Å². The molecule has 1 aromatic carbocycles. The van der Waals surface area contributed by atoms with Crippen LogP contribution in [0.5, 0.6) is 5.75 Å². The topological polar surface area (TPSA) is 32.7 Å².